The molecular formula is C15H11Br2NO. The Hall–Kier alpha value is -1.26. The van der Waals surface area contributed by atoms with E-state index in [1.165, 1.54) is 10.8 Å². The summed E-state index contributed by atoms with van der Waals surface area (Å²) < 4.78 is 7.19. The number of anilines is 1. The van der Waals surface area contributed by atoms with Crippen LogP contribution in [0.15, 0.2) is 62.1 Å². The van der Waals surface area contributed by atoms with Gasteiger partial charge in [0.1, 0.15) is 5.76 Å². The molecule has 3 rings (SSSR count). The summed E-state index contributed by atoms with van der Waals surface area (Å²) in [4.78, 5) is 0. The van der Waals surface area contributed by atoms with Gasteiger partial charge in [-0.2, -0.15) is 0 Å². The number of rotatable bonds is 3. The molecule has 96 valence electrons. The first-order chi connectivity index (χ1) is 9.22. The molecule has 3 aromatic rings. The van der Waals surface area contributed by atoms with Crippen molar-refractivity contribution in [3.63, 3.8) is 0 Å². The van der Waals surface area contributed by atoms with Gasteiger partial charge in [-0.1, -0.05) is 30.3 Å². The van der Waals surface area contributed by atoms with Gasteiger partial charge >= 0.3 is 0 Å². The molecule has 0 unspecified atom stereocenters. The maximum Gasteiger partial charge on any atom is 0.183 e. The Kier molecular flexibility index (Phi) is 3.62. The van der Waals surface area contributed by atoms with Crippen molar-refractivity contribution < 1.29 is 4.42 Å². The van der Waals surface area contributed by atoms with Crippen molar-refractivity contribution in [2.75, 3.05) is 5.32 Å². The zero-order valence-electron chi connectivity index (χ0n) is 9.99. The normalized spacial score (nSPS) is 10.8. The van der Waals surface area contributed by atoms with Crippen LogP contribution < -0.4 is 5.32 Å². The second kappa shape index (κ2) is 5.39. The molecule has 0 saturated carbocycles. The topological polar surface area (TPSA) is 25.2 Å². The van der Waals surface area contributed by atoms with Crippen molar-refractivity contribution in [1.82, 2.24) is 0 Å². The fourth-order valence-corrected chi connectivity index (χ4v) is 2.63. The maximum absolute atomic E-state index is 5.53. The van der Waals surface area contributed by atoms with Gasteiger partial charge in [0.15, 0.2) is 4.67 Å². The van der Waals surface area contributed by atoms with Crippen LogP contribution in [0.25, 0.3) is 10.8 Å². The number of hydrogen-bond donors (Lipinski definition) is 1. The molecule has 1 N–H and O–H groups in total. The van der Waals surface area contributed by atoms with E-state index in [1.54, 1.807) is 0 Å². The summed E-state index contributed by atoms with van der Waals surface area (Å²) in [5.41, 5.74) is 1.09. The van der Waals surface area contributed by atoms with E-state index in [1.807, 2.05) is 18.2 Å². The van der Waals surface area contributed by atoms with Gasteiger partial charge in [-0.3, -0.25) is 0 Å². The lowest BCUT2D eigenvalue weighted by Gasteiger charge is -2.06. The molecule has 4 heteroatoms. The van der Waals surface area contributed by atoms with Gasteiger partial charge in [-0.25, -0.2) is 0 Å². The molecule has 1 aromatic heterocycles. The molecular weight excluding hydrogens is 370 g/mol. The predicted octanol–water partition coefficient (Wildman–Crippen LogP) is 5.57. The van der Waals surface area contributed by atoms with Crippen molar-refractivity contribution in [3.05, 3.63) is 63.4 Å². The van der Waals surface area contributed by atoms with Crippen LogP contribution in [0.3, 0.4) is 0 Å². The first-order valence-corrected chi connectivity index (χ1v) is 7.47. The van der Waals surface area contributed by atoms with Gasteiger partial charge in [0, 0.05) is 5.69 Å². The highest BCUT2D eigenvalue weighted by Crippen LogP contribution is 2.27. The molecule has 0 aliphatic carbocycles. The Balaban J connectivity index is 1.78. The standard InChI is InChI=1S/C15H11Br2NO/c16-14-8-13(19-15(14)17)9-18-12-6-5-10-3-1-2-4-11(10)7-12/h1-8,18H,9H2. The average Bonchev–Trinajstić information content (AvgIpc) is 2.75. The number of halogens is 2. The third-order valence-corrected chi connectivity index (χ3v) is 4.62. The van der Waals surface area contributed by atoms with Crippen LogP contribution in [-0.2, 0) is 6.54 Å². The summed E-state index contributed by atoms with van der Waals surface area (Å²) in [6.07, 6.45) is 0. The first kappa shape index (κ1) is 12.8. The van der Waals surface area contributed by atoms with E-state index in [4.69, 9.17) is 4.42 Å². The molecule has 19 heavy (non-hydrogen) atoms. The Morgan fingerprint density at radius 3 is 2.47 bits per heavy atom. The Labute approximate surface area is 128 Å². The molecule has 0 spiro atoms. The molecule has 0 amide bonds. The molecule has 0 aliphatic heterocycles. The maximum atomic E-state index is 5.53. The summed E-state index contributed by atoms with van der Waals surface area (Å²) in [5.74, 6) is 0.881. The van der Waals surface area contributed by atoms with Crippen LogP contribution in [0.1, 0.15) is 5.76 Å². The molecule has 2 aromatic carbocycles. The molecule has 0 atom stereocenters. The van der Waals surface area contributed by atoms with Crippen LogP contribution in [-0.4, -0.2) is 0 Å². The zero-order valence-corrected chi connectivity index (χ0v) is 13.2. The SMILES string of the molecule is Brc1cc(CNc2ccc3ccccc3c2)oc1Br. The van der Waals surface area contributed by atoms with Gasteiger partial charge in [-0.15, -0.1) is 0 Å². The third-order valence-electron chi connectivity index (χ3n) is 2.91. The minimum Gasteiger partial charge on any atom is -0.451 e. The van der Waals surface area contributed by atoms with Crippen LogP contribution >= 0.6 is 31.9 Å². The fourth-order valence-electron chi connectivity index (χ4n) is 1.97. The van der Waals surface area contributed by atoms with Gasteiger partial charge in [0.2, 0.25) is 0 Å². The molecule has 0 radical (unpaired) electrons. The van der Waals surface area contributed by atoms with E-state index in [-0.39, 0.29) is 0 Å². The zero-order chi connectivity index (χ0) is 13.2. The second-order valence-corrected chi connectivity index (χ2v) is 5.82. The number of furan rings is 1. The fraction of sp³-hybridized carbons (Fsp3) is 0.0667. The van der Waals surface area contributed by atoms with Crippen LogP contribution in [0, 0.1) is 0 Å². The summed E-state index contributed by atoms with van der Waals surface area (Å²) in [7, 11) is 0. The lowest BCUT2D eigenvalue weighted by atomic mass is 10.1. The monoisotopic (exact) mass is 379 g/mol. The largest absolute Gasteiger partial charge is 0.451 e. The smallest absolute Gasteiger partial charge is 0.183 e. The van der Waals surface area contributed by atoms with Crippen molar-refractivity contribution in [3.8, 4) is 0 Å². The Bertz CT molecular complexity index is 701. The van der Waals surface area contributed by atoms with Crippen LogP contribution in [0.4, 0.5) is 5.69 Å². The molecule has 0 saturated heterocycles. The van der Waals surface area contributed by atoms with Crippen molar-refractivity contribution in [2.45, 2.75) is 6.54 Å². The van der Waals surface area contributed by atoms with Gasteiger partial charge in [-0.05, 0) is 60.8 Å². The van der Waals surface area contributed by atoms with E-state index in [9.17, 15) is 0 Å². The van der Waals surface area contributed by atoms with E-state index < -0.39 is 0 Å². The predicted molar refractivity (Wildman–Crippen MR) is 85.4 cm³/mol. The van der Waals surface area contributed by atoms with Crippen molar-refractivity contribution >= 4 is 48.3 Å². The highest BCUT2D eigenvalue weighted by molar-refractivity contribution is 9.13. The molecule has 0 aliphatic rings. The quantitative estimate of drug-likeness (QED) is 0.642. The van der Waals surface area contributed by atoms with E-state index in [0.717, 1.165) is 20.6 Å². The molecule has 0 fully saturated rings. The first-order valence-electron chi connectivity index (χ1n) is 5.89. The van der Waals surface area contributed by atoms with Gasteiger partial charge in [0.05, 0.1) is 11.0 Å². The van der Waals surface area contributed by atoms with E-state index >= 15 is 0 Å². The number of nitrogens with one attached hydrogen (secondary N) is 1. The van der Waals surface area contributed by atoms with Crippen molar-refractivity contribution in [1.29, 1.82) is 0 Å². The number of fused-ring (bicyclic) bond motifs is 1. The summed E-state index contributed by atoms with van der Waals surface area (Å²) in [6, 6.07) is 16.6. The highest BCUT2D eigenvalue weighted by Gasteiger charge is 2.05. The summed E-state index contributed by atoms with van der Waals surface area (Å²) in [5, 5.41) is 5.84. The molecule has 1 heterocycles. The Morgan fingerprint density at radius 2 is 1.74 bits per heavy atom. The minimum absolute atomic E-state index is 0.655. The van der Waals surface area contributed by atoms with E-state index in [2.05, 4.69) is 67.5 Å². The lowest BCUT2D eigenvalue weighted by Crippen LogP contribution is -1.97. The Morgan fingerprint density at radius 1 is 0.947 bits per heavy atom. The van der Waals surface area contributed by atoms with Crippen LogP contribution in [0.2, 0.25) is 0 Å². The van der Waals surface area contributed by atoms with Gasteiger partial charge < -0.3 is 9.73 Å². The summed E-state index contributed by atoms with van der Waals surface area (Å²) >= 11 is 6.74. The second-order valence-electron chi connectivity index (χ2n) is 4.25. The molecule has 0 bridgehead atoms. The van der Waals surface area contributed by atoms with E-state index in [0.29, 0.717) is 6.54 Å². The van der Waals surface area contributed by atoms with Gasteiger partial charge in [0.25, 0.3) is 0 Å². The summed E-state index contributed by atoms with van der Waals surface area (Å²) in [6.45, 7) is 0.655. The molecule has 2 nitrogen and oxygen atoms in total. The highest BCUT2D eigenvalue weighted by atomic mass is 79.9. The lowest BCUT2D eigenvalue weighted by molar-refractivity contribution is 0.494. The third kappa shape index (κ3) is 2.85. The average molecular weight is 381 g/mol. The number of benzene rings is 2. The number of hydrogen-bond acceptors (Lipinski definition) is 2. The van der Waals surface area contributed by atoms with Crippen molar-refractivity contribution in [2.24, 2.45) is 0 Å². The minimum atomic E-state index is 0.655. The van der Waals surface area contributed by atoms with Crippen LogP contribution in [0.5, 0.6) is 0 Å².